The van der Waals surface area contributed by atoms with Crippen molar-refractivity contribution in [2.45, 2.75) is 40.0 Å². The average molecular weight is 155 g/mol. The third-order valence-electron chi connectivity index (χ3n) is 1.60. The molecular formula is C10H21N. The van der Waals surface area contributed by atoms with Crippen molar-refractivity contribution in [2.24, 2.45) is 11.1 Å². The number of hydrogen-bond acceptors (Lipinski definition) is 1. The Balaban J connectivity index is 3.21. The number of nitrogens with two attached hydrogens (primary N) is 1. The van der Waals surface area contributed by atoms with Crippen LogP contribution in [0, 0.1) is 5.41 Å². The summed E-state index contributed by atoms with van der Waals surface area (Å²) in [4.78, 5) is 0. The van der Waals surface area contributed by atoms with Gasteiger partial charge in [0.2, 0.25) is 0 Å². The molecule has 0 unspecified atom stereocenters. The standard InChI is InChI=1S/C10H21N/c1-10(2,3)8-6-4-5-7-9-11/h5,7H,4,6,8-9,11H2,1-3H3/b7-5+. The molecule has 0 fully saturated rings. The van der Waals surface area contributed by atoms with Crippen molar-refractivity contribution < 1.29 is 0 Å². The van der Waals surface area contributed by atoms with E-state index in [2.05, 4.69) is 26.8 Å². The fraction of sp³-hybridized carbons (Fsp3) is 0.800. The summed E-state index contributed by atoms with van der Waals surface area (Å²) in [6, 6.07) is 0. The molecule has 0 aliphatic heterocycles. The van der Waals surface area contributed by atoms with Gasteiger partial charge in [-0.15, -0.1) is 0 Å². The van der Waals surface area contributed by atoms with Gasteiger partial charge in [0.15, 0.2) is 0 Å². The van der Waals surface area contributed by atoms with Gasteiger partial charge in [0, 0.05) is 6.54 Å². The molecular weight excluding hydrogens is 134 g/mol. The highest BCUT2D eigenvalue weighted by atomic mass is 14.5. The molecule has 0 spiro atoms. The van der Waals surface area contributed by atoms with Gasteiger partial charge in [-0.1, -0.05) is 32.9 Å². The molecule has 0 aliphatic rings. The smallest absolute Gasteiger partial charge is 0.0106 e. The Morgan fingerprint density at radius 3 is 2.27 bits per heavy atom. The summed E-state index contributed by atoms with van der Waals surface area (Å²) in [5.74, 6) is 0. The first kappa shape index (κ1) is 10.7. The zero-order valence-electron chi connectivity index (χ0n) is 8.06. The van der Waals surface area contributed by atoms with Gasteiger partial charge in [-0.05, 0) is 24.7 Å². The van der Waals surface area contributed by atoms with E-state index in [1.54, 1.807) is 0 Å². The quantitative estimate of drug-likeness (QED) is 0.490. The highest BCUT2D eigenvalue weighted by molar-refractivity contribution is 4.82. The first-order valence-corrected chi connectivity index (χ1v) is 4.41. The Kier molecular flexibility index (Phi) is 5.22. The van der Waals surface area contributed by atoms with Crippen molar-refractivity contribution in [3.05, 3.63) is 12.2 Å². The maximum Gasteiger partial charge on any atom is 0.0106 e. The van der Waals surface area contributed by atoms with E-state index >= 15 is 0 Å². The molecule has 1 heteroatoms. The molecule has 1 nitrogen and oxygen atoms in total. The lowest BCUT2D eigenvalue weighted by Gasteiger charge is -2.16. The maximum absolute atomic E-state index is 5.31. The summed E-state index contributed by atoms with van der Waals surface area (Å²) in [6.07, 6.45) is 7.95. The zero-order chi connectivity index (χ0) is 8.74. The van der Waals surface area contributed by atoms with Crippen molar-refractivity contribution in [3.8, 4) is 0 Å². The lowest BCUT2D eigenvalue weighted by Crippen LogP contribution is -2.03. The van der Waals surface area contributed by atoms with Crippen LogP contribution in [0.4, 0.5) is 0 Å². The summed E-state index contributed by atoms with van der Waals surface area (Å²) in [6.45, 7) is 7.51. The van der Waals surface area contributed by atoms with Crippen LogP contribution in [0.5, 0.6) is 0 Å². The van der Waals surface area contributed by atoms with Crippen molar-refractivity contribution >= 4 is 0 Å². The predicted octanol–water partition coefficient (Wildman–Crippen LogP) is 2.72. The normalized spacial score (nSPS) is 12.7. The molecule has 0 aromatic rings. The van der Waals surface area contributed by atoms with E-state index < -0.39 is 0 Å². The van der Waals surface area contributed by atoms with E-state index in [0.29, 0.717) is 12.0 Å². The minimum atomic E-state index is 0.483. The molecule has 0 aromatic carbocycles. The van der Waals surface area contributed by atoms with Crippen LogP contribution >= 0.6 is 0 Å². The monoisotopic (exact) mass is 155 g/mol. The minimum absolute atomic E-state index is 0.483. The van der Waals surface area contributed by atoms with E-state index in [0.717, 1.165) is 0 Å². The number of unbranched alkanes of at least 4 members (excludes halogenated alkanes) is 1. The van der Waals surface area contributed by atoms with Crippen LogP contribution in [0.1, 0.15) is 40.0 Å². The zero-order valence-corrected chi connectivity index (χ0v) is 8.06. The highest BCUT2D eigenvalue weighted by Gasteiger charge is 2.07. The molecule has 0 amide bonds. The molecule has 0 saturated carbocycles. The second kappa shape index (κ2) is 5.36. The van der Waals surface area contributed by atoms with E-state index in [1.807, 2.05) is 6.08 Å². The lowest BCUT2D eigenvalue weighted by molar-refractivity contribution is 0.367. The third kappa shape index (κ3) is 9.70. The molecule has 0 radical (unpaired) electrons. The fourth-order valence-corrected chi connectivity index (χ4v) is 0.964. The van der Waals surface area contributed by atoms with Gasteiger partial charge >= 0.3 is 0 Å². The van der Waals surface area contributed by atoms with Crippen LogP contribution in [0.3, 0.4) is 0 Å². The highest BCUT2D eigenvalue weighted by Crippen LogP contribution is 2.21. The van der Waals surface area contributed by atoms with Crippen LogP contribution in [0.15, 0.2) is 12.2 Å². The largest absolute Gasteiger partial charge is 0.327 e. The maximum atomic E-state index is 5.31. The summed E-state index contributed by atoms with van der Waals surface area (Å²) in [7, 11) is 0. The van der Waals surface area contributed by atoms with Crippen LogP contribution < -0.4 is 5.73 Å². The lowest BCUT2D eigenvalue weighted by atomic mass is 9.90. The number of rotatable bonds is 4. The Morgan fingerprint density at radius 1 is 1.18 bits per heavy atom. The second-order valence-electron chi connectivity index (χ2n) is 4.16. The molecule has 0 rings (SSSR count). The van der Waals surface area contributed by atoms with Gasteiger partial charge in [-0.25, -0.2) is 0 Å². The molecule has 11 heavy (non-hydrogen) atoms. The summed E-state index contributed by atoms with van der Waals surface area (Å²) >= 11 is 0. The van der Waals surface area contributed by atoms with Gasteiger partial charge < -0.3 is 5.73 Å². The Morgan fingerprint density at radius 2 is 1.82 bits per heavy atom. The molecule has 0 aliphatic carbocycles. The van der Waals surface area contributed by atoms with Crippen LogP contribution in [0.25, 0.3) is 0 Å². The van der Waals surface area contributed by atoms with Gasteiger partial charge in [-0.2, -0.15) is 0 Å². The summed E-state index contributed by atoms with van der Waals surface area (Å²) in [5.41, 5.74) is 5.79. The van der Waals surface area contributed by atoms with E-state index in [9.17, 15) is 0 Å². The van der Waals surface area contributed by atoms with Gasteiger partial charge in [0.25, 0.3) is 0 Å². The Labute approximate surface area is 70.7 Å². The first-order chi connectivity index (χ1) is 5.06. The van der Waals surface area contributed by atoms with Crippen LogP contribution in [0.2, 0.25) is 0 Å². The number of allylic oxidation sites excluding steroid dienone is 1. The van der Waals surface area contributed by atoms with Crippen LogP contribution in [-0.4, -0.2) is 6.54 Å². The molecule has 0 atom stereocenters. The van der Waals surface area contributed by atoms with E-state index in [1.165, 1.54) is 19.3 Å². The van der Waals surface area contributed by atoms with Gasteiger partial charge in [0.05, 0.1) is 0 Å². The third-order valence-corrected chi connectivity index (χ3v) is 1.60. The Bertz CT molecular complexity index is 109. The average Bonchev–Trinajstić information content (AvgIpc) is 1.85. The number of hydrogen-bond donors (Lipinski definition) is 1. The van der Waals surface area contributed by atoms with Gasteiger partial charge in [0.1, 0.15) is 0 Å². The molecule has 0 saturated heterocycles. The molecule has 66 valence electrons. The first-order valence-electron chi connectivity index (χ1n) is 4.41. The second-order valence-corrected chi connectivity index (χ2v) is 4.16. The Hall–Kier alpha value is -0.300. The van der Waals surface area contributed by atoms with Crippen molar-refractivity contribution in [1.29, 1.82) is 0 Å². The van der Waals surface area contributed by atoms with Gasteiger partial charge in [-0.3, -0.25) is 0 Å². The topological polar surface area (TPSA) is 26.0 Å². The molecule has 0 bridgehead atoms. The molecule has 2 N–H and O–H groups in total. The fourth-order valence-electron chi connectivity index (χ4n) is 0.964. The van der Waals surface area contributed by atoms with Crippen LogP contribution in [-0.2, 0) is 0 Å². The van der Waals surface area contributed by atoms with E-state index in [-0.39, 0.29) is 0 Å². The SMILES string of the molecule is CC(C)(C)CCC/C=C/CN. The van der Waals surface area contributed by atoms with Crippen molar-refractivity contribution in [3.63, 3.8) is 0 Å². The van der Waals surface area contributed by atoms with Crippen molar-refractivity contribution in [2.75, 3.05) is 6.54 Å². The van der Waals surface area contributed by atoms with E-state index in [4.69, 9.17) is 5.73 Å². The minimum Gasteiger partial charge on any atom is -0.327 e. The molecule has 0 aromatic heterocycles. The molecule has 0 heterocycles. The predicted molar refractivity (Wildman–Crippen MR) is 51.5 cm³/mol. The summed E-state index contributed by atoms with van der Waals surface area (Å²) < 4.78 is 0. The summed E-state index contributed by atoms with van der Waals surface area (Å²) in [5, 5.41) is 0. The van der Waals surface area contributed by atoms with Crippen molar-refractivity contribution in [1.82, 2.24) is 0 Å².